The number of nitrogens with zero attached hydrogens (tertiary/aromatic N) is 3. The summed E-state index contributed by atoms with van der Waals surface area (Å²) < 4.78 is 11.5. The Balaban J connectivity index is 1.53. The van der Waals surface area contributed by atoms with Gasteiger partial charge in [0.1, 0.15) is 5.60 Å². The average molecular weight is 403 g/mol. The second kappa shape index (κ2) is 9.48. The molecule has 0 spiro atoms. The number of amides is 1. The summed E-state index contributed by atoms with van der Waals surface area (Å²) in [4.78, 5) is 20.7. The van der Waals surface area contributed by atoms with E-state index in [1.54, 1.807) is 4.90 Å². The second-order valence-electron chi connectivity index (χ2n) is 8.76. The molecule has 2 unspecified atom stereocenters. The minimum absolute atomic E-state index is 0.0746. The van der Waals surface area contributed by atoms with E-state index in [9.17, 15) is 4.79 Å². The smallest absolute Gasteiger partial charge is 0.410 e. The molecular formula is C22H34N4O3. The zero-order valence-electron chi connectivity index (χ0n) is 17.8. The molecule has 2 fully saturated rings. The van der Waals surface area contributed by atoms with Crippen molar-refractivity contribution in [2.75, 3.05) is 39.3 Å². The highest BCUT2D eigenvalue weighted by atomic mass is 16.6. The van der Waals surface area contributed by atoms with Crippen LogP contribution >= 0.6 is 0 Å². The highest BCUT2D eigenvalue weighted by Crippen LogP contribution is 2.33. The molecule has 0 bridgehead atoms. The molecular weight excluding hydrogens is 368 g/mol. The first-order valence-electron chi connectivity index (χ1n) is 10.5. The highest BCUT2D eigenvalue weighted by molar-refractivity contribution is 5.78. The Hall–Kier alpha value is -2.28. The van der Waals surface area contributed by atoms with Gasteiger partial charge in [0.05, 0.1) is 6.10 Å². The molecule has 2 atom stereocenters. The quantitative estimate of drug-likeness (QED) is 0.621. The molecule has 2 aliphatic heterocycles. The van der Waals surface area contributed by atoms with E-state index in [0.717, 1.165) is 19.4 Å². The molecule has 0 aromatic heterocycles. The third-order valence-electron chi connectivity index (χ3n) is 5.32. The summed E-state index contributed by atoms with van der Waals surface area (Å²) >= 11 is 0. The predicted octanol–water partition coefficient (Wildman–Crippen LogP) is 3.02. The minimum Gasteiger partial charge on any atom is -0.444 e. The molecule has 1 aromatic rings. The van der Waals surface area contributed by atoms with Gasteiger partial charge >= 0.3 is 6.09 Å². The highest BCUT2D eigenvalue weighted by Gasteiger charge is 2.29. The van der Waals surface area contributed by atoms with Crippen LogP contribution in [0, 0.1) is 5.92 Å². The summed E-state index contributed by atoms with van der Waals surface area (Å²) in [7, 11) is 0. The van der Waals surface area contributed by atoms with E-state index in [1.165, 1.54) is 5.56 Å². The maximum absolute atomic E-state index is 12.2. The molecule has 29 heavy (non-hydrogen) atoms. The Morgan fingerprint density at radius 1 is 1.17 bits per heavy atom. The number of aliphatic imine (C=N–C) groups is 1. The summed E-state index contributed by atoms with van der Waals surface area (Å²) in [6.45, 7) is 9.58. The number of rotatable bonds is 3. The van der Waals surface area contributed by atoms with Crippen LogP contribution in [0.3, 0.4) is 0 Å². The Bertz CT molecular complexity index is 694. The molecule has 7 nitrogen and oxygen atoms in total. The van der Waals surface area contributed by atoms with Gasteiger partial charge < -0.3 is 25.0 Å². The van der Waals surface area contributed by atoms with Crippen LogP contribution in [0.2, 0.25) is 0 Å². The Labute approximate surface area is 173 Å². The van der Waals surface area contributed by atoms with Crippen LogP contribution in [0.5, 0.6) is 0 Å². The van der Waals surface area contributed by atoms with E-state index < -0.39 is 5.60 Å². The number of hydrogen-bond acceptors (Lipinski definition) is 4. The molecule has 160 valence electrons. The molecule has 1 aromatic carbocycles. The average Bonchev–Trinajstić information content (AvgIpc) is 2.72. The van der Waals surface area contributed by atoms with Crippen molar-refractivity contribution < 1.29 is 14.3 Å². The van der Waals surface area contributed by atoms with Crippen LogP contribution in [0.25, 0.3) is 0 Å². The van der Waals surface area contributed by atoms with Crippen LogP contribution in [0.15, 0.2) is 35.3 Å². The van der Waals surface area contributed by atoms with Crippen molar-refractivity contribution in [1.29, 1.82) is 0 Å². The van der Waals surface area contributed by atoms with Crippen molar-refractivity contribution in [3.05, 3.63) is 35.9 Å². The lowest BCUT2D eigenvalue weighted by molar-refractivity contribution is -0.0251. The summed E-state index contributed by atoms with van der Waals surface area (Å²) in [5.74, 6) is 0.874. The lowest BCUT2D eigenvalue weighted by Crippen LogP contribution is -2.53. The van der Waals surface area contributed by atoms with Gasteiger partial charge in [0.2, 0.25) is 0 Å². The molecule has 0 radical (unpaired) electrons. The first-order valence-corrected chi connectivity index (χ1v) is 10.5. The van der Waals surface area contributed by atoms with Gasteiger partial charge in [0.15, 0.2) is 5.96 Å². The van der Waals surface area contributed by atoms with Gasteiger partial charge in [-0.15, -0.1) is 0 Å². The molecule has 2 saturated heterocycles. The van der Waals surface area contributed by atoms with E-state index >= 15 is 0 Å². The maximum atomic E-state index is 12.2. The third kappa shape index (κ3) is 6.10. The van der Waals surface area contributed by atoms with Gasteiger partial charge in [0.25, 0.3) is 0 Å². The fraction of sp³-hybridized carbons (Fsp3) is 0.636. The molecule has 0 aliphatic carbocycles. The number of nitrogens with two attached hydrogens (primary N) is 1. The first kappa shape index (κ1) is 21.4. The van der Waals surface area contributed by atoms with Crippen molar-refractivity contribution in [3.8, 4) is 0 Å². The van der Waals surface area contributed by atoms with Gasteiger partial charge in [-0.05, 0) is 39.2 Å². The van der Waals surface area contributed by atoms with Crippen molar-refractivity contribution in [1.82, 2.24) is 9.80 Å². The van der Waals surface area contributed by atoms with Crippen LogP contribution in [-0.2, 0) is 9.47 Å². The second-order valence-corrected chi connectivity index (χ2v) is 8.76. The first-order chi connectivity index (χ1) is 13.8. The van der Waals surface area contributed by atoms with E-state index in [4.69, 9.17) is 15.2 Å². The fourth-order valence-electron chi connectivity index (χ4n) is 3.80. The van der Waals surface area contributed by atoms with Crippen LogP contribution < -0.4 is 5.73 Å². The van der Waals surface area contributed by atoms with Gasteiger partial charge in [0, 0.05) is 45.2 Å². The van der Waals surface area contributed by atoms with Crippen molar-refractivity contribution in [2.24, 2.45) is 16.6 Å². The zero-order chi connectivity index (χ0) is 20.9. The van der Waals surface area contributed by atoms with Crippen LogP contribution in [0.1, 0.15) is 45.3 Å². The molecule has 7 heteroatoms. The largest absolute Gasteiger partial charge is 0.444 e. The number of benzene rings is 1. The summed E-state index contributed by atoms with van der Waals surface area (Å²) in [5.41, 5.74) is 7.00. The van der Waals surface area contributed by atoms with Gasteiger partial charge in [-0.1, -0.05) is 30.3 Å². The summed E-state index contributed by atoms with van der Waals surface area (Å²) in [5, 5.41) is 0. The Morgan fingerprint density at radius 3 is 2.48 bits per heavy atom. The topological polar surface area (TPSA) is 80.4 Å². The van der Waals surface area contributed by atoms with E-state index in [1.807, 2.05) is 43.9 Å². The number of carbonyl (C=O) groups excluding carboxylic acids is 1. The van der Waals surface area contributed by atoms with Gasteiger partial charge in [-0.3, -0.25) is 4.99 Å². The maximum Gasteiger partial charge on any atom is 0.410 e. The zero-order valence-corrected chi connectivity index (χ0v) is 17.8. The number of guanidine groups is 1. The molecule has 2 heterocycles. The van der Waals surface area contributed by atoms with Gasteiger partial charge in [-0.25, -0.2) is 4.79 Å². The monoisotopic (exact) mass is 402 g/mol. The SMILES string of the molecule is CC(C)(C)OC(=O)N1CCN(C(N)=NCC2CCCOC2c2ccccc2)CC1. The lowest BCUT2D eigenvalue weighted by atomic mass is 9.89. The number of piperazine rings is 1. The minimum atomic E-state index is -0.480. The Morgan fingerprint density at radius 2 is 1.83 bits per heavy atom. The molecule has 2 aliphatic rings. The number of carbonyl (C=O) groups is 1. The van der Waals surface area contributed by atoms with Crippen molar-refractivity contribution >= 4 is 12.1 Å². The predicted molar refractivity (Wildman–Crippen MR) is 114 cm³/mol. The van der Waals surface area contributed by atoms with Crippen LogP contribution in [-0.4, -0.2) is 66.8 Å². The van der Waals surface area contributed by atoms with Crippen LogP contribution in [0.4, 0.5) is 4.79 Å². The summed E-state index contributed by atoms with van der Waals surface area (Å²) in [6.07, 6.45) is 1.95. The van der Waals surface area contributed by atoms with E-state index in [0.29, 0.717) is 44.6 Å². The Kier molecular flexibility index (Phi) is 7.00. The van der Waals surface area contributed by atoms with E-state index in [2.05, 4.69) is 17.1 Å². The van der Waals surface area contributed by atoms with Crippen molar-refractivity contribution in [2.45, 2.75) is 45.3 Å². The molecule has 0 saturated carbocycles. The lowest BCUT2D eigenvalue weighted by Gasteiger charge is -2.36. The summed E-state index contributed by atoms with van der Waals surface area (Å²) in [6, 6.07) is 10.4. The normalized spacial score (nSPS) is 23.8. The molecule has 2 N–H and O–H groups in total. The third-order valence-corrected chi connectivity index (χ3v) is 5.32. The number of ether oxygens (including phenoxy) is 2. The number of hydrogen-bond donors (Lipinski definition) is 1. The van der Waals surface area contributed by atoms with Crippen molar-refractivity contribution in [3.63, 3.8) is 0 Å². The standard InChI is InChI=1S/C22H34N4O3/c1-22(2,3)29-21(27)26-13-11-25(12-14-26)20(23)24-16-18-10-7-15-28-19(18)17-8-5-4-6-9-17/h4-6,8-9,18-19H,7,10-16H2,1-3H3,(H2,23,24). The van der Waals surface area contributed by atoms with Gasteiger partial charge in [-0.2, -0.15) is 0 Å². The fourth-order valence-corrected chi connectivity index (χ4v) is 3.80. The molecule has 3 rings (SSSR count). The van der Waals surface area contributed by atoms with E-state index in [-0.39, 0.29) is 12.2 Å². The molecule has 1 amide bonds.